The Hall–Kier alpha value is -2.70. The fraction of sp³-hybridized carbons (Fsp3) is 0.296. The van der Waals surface area contributed by atoms with Gasteiger partial charge in [0, 0.05) is 17.7 Å². The van der Waals surface area contributed by atoms with Gasteiger partial charge in [-0.25, -0.2) is 9.18 Å². The lowest BCUT2D eigenvalue weighted by atomic mass is 10.0. The van der Waals surface area contributed by atoms with E-state index in [0.717, 1.165) is 31.5 Å². The number of piperidine rings is 1. The van der Waals surface area contributed by atoms with Crippen LogP contribution in [0.3, 0.4) is 0 Å². The highest BCUT2D eigenvalue weighted by Crippen LogP contribution is 2.39. The molecule has 0 radical (unpaired) electrons. The summed E-state index contributed by atoms with van der Waals surface area (Å²) < 4.78 is 27.8. The van der Waals surface area contributed by atoms with Crippen LogP contribution in [0, 0.1) is 12.7 Å². The van der Waals surface area contributed by atoms with Crippen LogP contribution < -0.4 is 9.47 Å². The van der Waals surface area contributed by atoms with Crippen LogP contribution in [0.1, 0.15) is 46.3 Å². The van der Waals surface area contributed by atoms with E-state index in [1.807, 2.05) is 36.4 Å². The quantitative estimate of drug-likeness (QED) is 0.262. The first kappa shape index (κ1) is 23.5. The molecule has 33 heavy (non-hydrogen) atoms. The van der Waals surface area contributed by atoms with E-state index in [0.29, 0.717) is 28.1 Å². The van der Waals surface area contributed by atoms with Gasteiger partial charge in [-0.1, -0.05) is 55.0 Å². The number of carbonyl (C=O) groups excluding carboxylic acids is 1. The Morgan fingerprint density at radius 3 is 2.30 bits per heavy atom. The van der Waals surface area contributed by atoms with Gasteiger partial charge >= 0.3 is 5.97 Å². The van der Waals surface area contributed by atoms with Crippen LogP contribution >= 0.6 is 15.9 Å². The van der Waals surface area contributed by atoms with E-state index in [4.69, 9.17) is 9.47 Å². The van der Waals surface area contributed by atoms with Gasteiger partial charge in [-0.3, -0.25) is 4.90 Å². The molecule has 1 saturated heterocycles. The fourth-order valence-electron chi connectivity index (χ4n) is 4.09. The number of halogens is 2. The second-order valence-corrected chi connectivity index (χ2v) is 9.04. The van der Waals surface area contributed by atoms with Gasteiger partial charge in [0.2, 0.25) is 0 Å². The third kappa shape index (κ3) is 5.63. The molecule has 172 valence electrons. The molecule has 4 rings (SSSR count). The molecular formula is C27H27BrFNO3. The van der Waals surface area contributed by atoms with Gasteiger partial charge in [-0.15, -0.1) is 0 Å². The zero-order valence-corrected chi connectivity index (χ0v) is 20.2. The van der Waals surface area contributed by atoms with Crippen LogP contribution in [0.5, 0.6) is 11.5 Å². The third-order valence-corrected chi connectivity index (χ3v) is 6.71. The molecule has 1 aliphatic rings. The minimum atomic E-state index is -0.647. The molecule has 1 fully saturated rings. The Balaban J connectivity index is 1.71. The molecule has 4 nitrogen and oxygen atoms in total. The van der Waals surface area contributed by atoms with Gasteiger partial charge in [0.1, 0.15) is 29.5 Å². The molecule has 6 heteroatoms. The summed E-state index contributed by atoms with van der Waals surface area (Å²) in [6.45, 7) is 4.19. The minimum Gasteiger partial charge on any atom is -0.487 e. The second kappa shape index (κ2) is 10.9. The Morgan fingerprint density at radius 2 is 1.64 bits per heavy atom. The van der Waals surface area contributed by atoms with Crippen molar-refractivity contribution in [1.82, 2.24) is 4.90 Å². The van der Waals surface area contributed by atoms with Crippen LogP contribution in [-0.2, 0) is 13.2 Å². The van der Waals surface area contributed by atoms with Gasteiger partial charge in [-0.2, -0.15) is 0 Å². The first-order valence-corrected chi connectivity index (χ1v) is 12.0. The van der Waals surface area contributed by atoms with E-state index >= 15 is 4.39 Å². The predicted octanol–water partition coefficient (Wildman–Crippen LogP) is 6.68. The molecule has 1 aliphatic heterocycles. The molecule has 0 spiro atoms. The van der Waals surface area contributed by atoms with E-state index in [9.17, 15) is 4.79 Å². The highest BCUT2D eigenvalue weighted by Gasteiger charge is 2.29. The Morgan fingerprint density at radius 1 is 1.00 bits per heavy atom. The number of hydrogen-bond donors (Lipinski definition) is 0. The lowest BCUT2D eigenvalue weighted by Gasteiger charge is -2.28. The average Bonchev–Trinajstić information content (AvgIpc) is 2.85. The summed E-state index contributed by atoms with van der Waals surface area (Å²) in [5.74, 6) is -0.346. The first-order valence-electron chi connectivity index (χ1n) is 11.2. The summed E-state index contributed by atoms with van der Waals surface area (Å²) in [6.07, 6.45) is 3.42. The number of esters is 1. The van der Waals surface area contributed by atoms with Gasteiger partial charge < -0.3 is 9.47 Å². The van der Waals surface area contributed by atoms with Crippen molar-refractivity contribution in [1.29, 1.82) is 0 Å². The van der Waals surface area contributed by atoms with E-state index in [1.165, 1.54) is 6.42 Å². The molecule has 0 aromatic heterocycles. The Bertz CT molecular complexity index is 1100. The van der Waals surface area contributed by atoms with Crippen molar-refractivity contribution in [3.8, 4) is 11.5 Å². The largest absolute Gasteiger partial charge is 0.487 e. The van der Waals surface area contributed by atoms with Crippen molar-refractivity contribution in [2.24, 2.45) is 0 Å². The molecule has 0 N–H and O–H groups in total. The van der Waals surface area contributed by atoms with Crippen LogP contribution in [-0.4, -0.2) is 24.0 Å². The summed E-state index contributed by atoms with van der Waals surface area (Å²) >= 11 is 3.57. The normalized spacial score (nSPS) is 14.2. The van der Waals surface area contributed by atoms with Gasteiger partial charge in [0.15, 0.2) is 0 Å². The number of benzene rings is 3. The molecule has 0 unspecified atom stereocenters. The van der Waals surface area contributed by atoms with E-state index in [1.54, 1.807) is 31.2 Å². The van der Waals surface area contributed by atoms with E-state index in [-0.39, 0.29) is 17.7 Å². The summed E-state index contributed by atoms with van der Waals surface area (Å²) in [4.78, 5) is 15.4. The molecule has 3 aromatic rings. The lowest BCUT2D eigenvalue weighted by Crippen LogP contribution is -2.30. The molecule has 0 atom stereocenters. The van der Waals surface area contributed by atoms with Crippen molar-refractivity contribution in [3.63, 3.8) is 0 Å². The third-order valence-electron chi connectivity index (χ3n) is 5.87. The minimum absolute atomic E-state index is 0.0987. The molecule has 3 aromatic carbocycles. The Labute approximate surface area is 202 Å². The monoisotopic (exact) mass is 511 g/mol. The van der Waals surface area contributed by atoms with Crippen molar-refractivity contribution in [2.75, 3.05) is 13.1 Å². The molecule has 1 heterocycles. The molecule has 0 saturated carbocycles. The Kier molecular flexibility index (Phi) is 7.78. The standard InChI is InChI=1S/C27H27BrFNO3/c1-19-23(27(31)33-21-13-7-3-8-14-21)26(32-18-20-11-5-2-6-12-20)24(28)22(25(19)29)17-30-15-9-4-10-16-30/h2-3,5-8,11-14H,4,9-10,15-18H2,1H3. The van der Waals surface area contributed by atoms with Crippen LogP contribution in [0.25, 0.3) is 0 Å². The number of ether oxygens (including phenoxy) is 2. The molecule has 0 amide bonds. The lowest BCUT2D eigenvalue weighted by molar-refractivity contribution is 0.0727. The number of nitrogens with zero attached hydrogens (tertiary/aromatic N) is 1. The van der Waals surface area contributed by atoms with Gasteiger partial charge in [0.25, 0.3) is 0 Å². The topological polar surface area (TPSA) is 38.8 Å². The van der Waals surface area contributed by atoms with Gasteiger partial charge in [0.05, 0.1) is 4.47 Å². The predicted molar refractivity (Wildman–Crippen MR) is 130 cm³/mol. The number of para-hydroxylation sites is 1. The smallest absolute Gasteiger partial charge is 0.347 e. The zero-order chi connectivity index (χ0) is 23.2. The summed E-state index contributed by atoms with van der Waals surface area (Å²) in [7, 11) is 0. The maximum atomic E-state index is 15.6. The average molecular weight is 512 g/mol. The highest BCUT2D eigenvalue weighted by molar-refractivity contribution is 9.10. The number of rotatable bonds is 7. The highest BCUT2D eigenvalue weighted by atomic mass is 79.9. The van der Waals surface area contributed by atoms with Gasteiger partial charge in [-0.05, 0) is 66.5 Å². The molecular weight excluding hydrogens is 485 g/mol. The summed E-state index contributed by atoms with van der Waals surface area (Å²) in [5.41, 5.74) is 1.79. The number of likely N-dealkylation sites (tertiary alicyclic amines) is 1. The molecule has 0 bridgehead atoms. The number of carbonyl (C=O) groups is 1. The van der Waals surface area contributed by atoms with E-state index in [2.05, 4.69) is 20.8 Å². The summed E-state index contributed by atoms with van der Waals surface area (Å²) in [6, 6.07) is 18.4. The van der Waals surface area contributed by atoms with Crippen molar-refractivity contribution in [2.45, 2.75) is 39.3 Å². The SMILES string of the molecule is Cc1c(F)c(CN2CCCCC2)c(Br)c(OCc2ccccc2)c1C(=O)Oc1ccccc1. The summed E-state index contributed by atoms with van der Waals surface area (Å²) in [5, 5.41) is 0. The van der Waals surface area contributed by atoms with Crippen LogP contribution in [0.2, 0.25) is 0 Å². The number of hydrogen-bond acceptors (Lipinski definition) is 4. The molecule has 0 aliphatic carbocycles. The second-order valence-electron chi connectivity index (χ2n) is 8.25. The maximum Gasteiger partial charge on any atom is 0.347 e. The fourth-order valence-corrected chi connectivity index (χ4v) is 4.70. The van der Waals surface area contributed by atoms with Crippen LogP contribution in [0.15, 0.2) is 65.1 Å². The maximum absolute atomic E-state index is 15.6. The van der Waals surface area contributed by atoms with Crippen molar-refractivity contribution < 1.29 is 18.7 Å². The van der Waals surface area contributed by atoms with Crippen molar-refractivity contribution >= 4 is 21.9 Å². The first-order chi connectivity index (χ1) is 16.0. The van der Waals surface area contributed by atoms with Crippen molar-refractivity contribution in [3.05, 3.63) is 93.2 Å². The van der Waals surface area contributed by atoms with Crippen LogP contribution in [0.4, 0.5) is 4.39 Å². The zero-order valence-electron chi connectivity index (χ0n) is 18.7. The van der Waals surface area contributed by atoms with E-state index < -0.39 is 11.8 Å².